The molecule has 1 aromatic heterocycles. The highest BCUT2D eigenvalue weighted by Gasteiger charge is 2.31. The normalized spacial score (nSPS) is 19.5. The molecule has 2 fully saturated rings. The fraction of sp³-hybridized carbons (Fsp3) is 0.737. The van der Waals surface area contributed by atoms with Crippen LogP contribution >= 0.6 is 24.8 Å². The Morgan fingerprint density at radius 3 is 2.29 bits per heavy atom. The van der Waals surface area contributed by atoms with Gasteiger partial charge in [0.2, 0.25) is 11.9 Å². The molecule has 0 aliphatic carbocycles. The molecule has 28 heavy (non-hydrogen) atoms. The van der Waals surface area contributed by atoms with Gasteiger partial charge in [-0.2, -0.15) is 0 Å². The van der Waals surface area contributed by atoms with Gasteiger partial charge in [0.05, 0.1) is 6.04 Å². The van der Waals surface area contributed by atoms with Gasteiger partial charge >= 0.3 is 0 Å². The monoisotopic (exact) mass is 432 g/mol. The largest absolute Gasteiger partial charge is 0.338 e. The Morgan fingerprint density at radius 2 is 1.71 bits per heavy atom. The number of piperazine rings is 1. The van der Waals surface area contributed by atoms with E-state index in [9.17, 15) is 4.79 Å². The van der Waals surface area contributed by atoms with Crippen LogP contribution in [0, 0.1) is 5.92 Å². The highest BCUT2D eigenvalue weighted by Crippen LogP contribution is 2.22. The minimum absolute atomic E-state index is 0. The van der Waals surface area contributed by atoms with Crippen LogP contribution in [0.1, 0.15) is 26.2 Å². The van der Waals surface area contributed by atoms with E-state index in [2.05, 4.69) is 32.0 Å². The van der Waals surface area contributed by atoms with Crippen LogP contribution in [0.15, 0.2) is 18.5 Å². The molecule has 2 aliphatic rings. The van der Waals surface area contributed by atoms with Crippen LogP contribution in [0.3, 0.4) is 0 Å². The SMILES string of the molecule is CNCCC1CCN(C(C)C(=O)N2CCN(c3ncccn3)CC2)CC1.Cl.Cl. The first-order valence-electron chi connectivity index (χ1n) is 9.88. The molecular weight excluding hydrogens is 399 g/mol. The molecule has 1 N–H and O–H groups in total. The Morgan fingerprint density at radius 1 is 1.11 bits per heavy atom. The highest BCUT2D eigenvalue weighted by atomic mass is 35.5. The van der Waals surface area contributed by atoms with Gasteiger partial charge in [-0.25, -0.2) is 9.97 Å². The molecule has 160 valence electrons. The lowest BCUT2D eigenvalue weighted by Crippen LogP contribution is -2.55. The maximum absolute atomic E-state index is 12.9. The van der Waals surface area contributed by atoms with Gasteiger partial charge in [0.15, 0.2) is 0 Å². The zero-order chi connectivity index (χ0) is 18.4. The van der Waals surface area contributed by atoms with Gasteiger partial charge in [-0.1, -0.05) is 0 Å². The maximum atomic E-state index is 12.9. The summed E-state index contributed by atoms with van der Waals surface area (Å²) in [7, 11) is 2.01. The van der Waals surface area contributed by atoms with Crippen LogP contribution in [0.5, 0.6) is 0 Å². The molecule has 2 saturated heterocycles. The Bertz CT molecular complexity index is 563. The summed E-state index contributed by atoms with van der Waals surface area (Å²) in [4.78, 5) is 28.1. The number of halogens is 2. The molecule has 1 aromatic rings. The number of likely N-dealkylation sites (tertiary alicyclic amines) is 1. The van der Waals surface area contributed by atoms with Crippen LogP contribution in [0.2, 0.25) is 0 Å². The van der Waals surface area contributed by atoms with E-state index in [-0.39, 0.29) is 36.8 Å². The van der Waals surface area contributed by atoms with Gasteiger partial charge in [0, 0.05) is 38.6 Å². The molecule has 1 unspecified atom stereocenters. The lowest BCUT2D eigenvalue weighted by molar-refractivity contribution is -0.137. The Hall–Kier alpha value is -1.15. The minimum atomic E-state index is -0.0141. The van der Waals surface area contributed by atoms with Crippen LogP contribution in [0.25, 0.3) is 0 Å². The fourth-order valence-electron chi connectivity index (χ4n) is 3.98. The molecule has 0 aromatic carbocycles. The van der Waals surface area contributed by atoms with Crippen molar-refractivity contribution in [3.05, 3.63) is 18.5 Å². The zero-order valence-electron chi connectivity index (χ0n) is 16.9. The average Bonchev–Trinajstić information content (AvgIpc) is 2.72. The number of rotatable bonds is 6. The quantitative estimate of drug-likeness (QED) is 0.737. The van der Waals surface area contributed by atoms with E-state index >= 15 is 0 Å². The summed E-state index contributed by atoms with van der Waals surface area (Å²) in [5.74, 6) is 1.83. The second-order valence-corrected chi connectivity index (χ2v) is 7.41. The van der Waals surface area contributed by atoms with Crippen LogP contribution in [-0.4, -0.2) is 84.6 Å². The molecule has 0 spiro atoms. The molecule has 3 rings (SSSR count). The van der Waals surface area contributed by atoms with E-state index in [1.54, 1.807) is 12.4 Å². The van der Waals surface area contributed by atoms with Crippen molar-refractivity contribution in [1.82, 2.24) is 25.1 Å². The van der Waals surface area contributed by atoms with E-state index in [0.29, 0.717) is 0 Å². The first-order valence-corrected chi connectivity index (χ1v) is 9.88. The van der Waals surface area contributed by atoms with Crippen LogP contribution in [-0.2, 0) is 4.79 Å². The van der Waals surface area contributed by atoms with Crippen molar-refractivity contribution in [1.29, 1.82) is 0 Å². The number of anilines is 1. The Kier molecular flexibility index (Phi) is 11.0. The topological polar surface area (TPSA) is 64.6 Å². The van der Waals surface area contributed by atoms with E-state index in [1.807, 2.05) is 18.0 Å². The summed E-state index contributed by atoms with van der Waals surface area (Å²) in [6.45, 7) is 8.35. The Labute approximate surface area is 181 Å². The highest BCUT2D eigenvalue weighted by molar-refractivity contribution is 5.85. The molecule has 2 aliphatic heterocycles. The number of nitrogens with zero attached hydrogens (tertiary/aromatic N) is 5. The second kappa shape index (κ2) is 12.4. The van der Waals surface area contributed by atoms with Gasteiger partial charge < -0.3 is 15.1 Å². The van der Waals surface area contributed by atoms with Gasteiger partial charge in [-0.05, 0) is 64.9 Å². The third kappa shape index (κ3) is 6.44. The molecule has 0 bridgehead atoms. The molecular formula is C19H34Cl2N6O. The standard InChI is InChI=1S/C19H32N6O.2ClH/c1-16(23-10-5-17(6-11-23)4-9-20-2)18(26)24-12-14-25(15-13-24)19-21-7-3-8-22-19;;/h3,7-8,16-17,20H,4-6,9-15H2,1-2H3;2*1H. The average molecular weight is 433 g/mol. The number of aromatic nitrogens is 2. The number of hydrogen-bond acceptors (Lipinski definition) is 6. The van der Waals surface area contributed by atoms with Gasteiger partial charge in [0.1, 0.15) is 0 Å². The Balaban J connectivity index is 0.00000196. The fourth-order valence-corrected chi connectivity index (χ4v) is 3.98. The summed E-state index contributed by atoms with van der Waals surface area (Å²) in [5, 5.41) is 3.24. The lowest BCUT2D eigenvalue weighted by Gasteiger charge is -2.40. The predicted molar refractivity (Wildman–Crippen MR) is 118 cm³/mol. The van der Waals surface area contributed by atoms with Crippen molar-refractivity contribution in [3.63, 3.8) is 0 Å². The van der Waals surface area contributed by atoms with E-state index in [1.165, 1.54) is 19.3 Å². The second-order valence-electron chi connectivity index (χ2n) is 7.41. The van der Waals surface area contributed by atoms with E-state index in [4.69, 9.17) is 0 Å². The lowest BCUT2D eigenvalue weighted by atomic mass is 9.92. The smallest absolute Gasteiger partial charge is 0.239 e. The third-order valence-electron chi connectivity index (χ3n) is 5.78. The van der Waals surface area contributed by atoms with E-state index < -0.39 is 0 Å². The summed E-state index contributed by atoms with van der Waals surface area (Å²) in [6, 6.07) is 1.81. The molecule has 0 radical (unpaired) electrons. The zero-order valence-corrected chi connectivity index (χ0v) is 18.6. The molecule has 7 nitrogen and oxygen atoms in total. The molecule has 3 heterocycles. The van der Waals surface area contributed by atoms with Gasteiger partial charge in [-0.3, -0.25) is 9.69 Å². The summed E-state index contributed by atoms with van der Waals surface area (Å²) in [6.07, 6.45) is 7.19. The first-order chi connectivity index (χ1) is 12.7. The number of carbonyl (C=O) groups is 1. The summed E-state index contributed by atoms with van der Waals surface area (Å²) >= 11 is 0. The predicted octanol–water partition coefficient (Wildman–Crippen LogP) is 1.68. The number of piperidine rings is 1. The number of nitrogens with one attached hydrogen (secondary N) is 1. The molecule has 1 atom stereocenters. The number of amides is 1. The van der Waals surface area contributed by atoms with Crippen molar-refractivity contribution in [2.24, 2.45) is 5.92 Å². The van der Waals surface area contributed by atoms with Gasteiger partial charge in [-0.15, -0.1) is 24.8 Å². The van der Waals surface area contributed by atoms with Crippen LogP contribution in [0.4, 0.5) is 5.95 Å². The summed E-state index contributed by atoms with van der Waals surface area (Å²) in [5.41, 5.74) is 0. The maximum Gasteiger partial charge on any atom is 0.239 e. The molecule has 9 heteroatoms. The van der Waals surface area contributed by atoms with Crippen molar-refractivity contribution in [3.8, 4) is 0 Å². The number of hydrogen-bond donors (Lipinski definition) is 1. The molecule has 1 amide bonds. The first kappa shape index (κ1) is 24.9. The van der Waals surface area contributed by atoms with Crippen molar-refractivity contribution in [2.45, 2.75) is 32.2 Å². The van der Waals surface area contributed by atoms with Crippen LogP contribution < -0.4 is 10.2 Å². The van der Waals surface area contributed by atoms with Crippen molar-refractivity contribution in [2.75, 3.05) is 57.8 Å². The molecule has 0 saturated carbocycles. The minimum Gasteiger partial charge on any atom is -0.338 e. The van der Waals surface area contributed by atoms with Crippen molar-refractivity contribution >= 4 is 36.7 Å². The number of carbonyl (C=O) groups excluding carboxylic acids is 1. The van der Waals surface area contributed by atoms with Crippen molar-refractivity contribution < 1.29 is 4.79 Å². The van der Waals surface area contributed by atoms with E-state index in [0.717, 1.165) is 57.7 Å². The van der Waals surface area contributed by atoms with Gasteiger partial charge in [0.25, 0.3) is 0 Å². The third-order valence-corrected chi connectivity index (χ3v) is 5.78. The summed E-state index contributed by atoms with van der Waals surface area (Å²) < 4.78 is 0.